The summed E-state index contributed by atoms with van der Waals surface area (Å²) in [5.41, 5.74) is 10.5. The van der Waals surface area contributed by atoms with Crippen LogP contribution >= 0.6 is 0 Å². The van der Waals surface area contributed by atoms with Gasteiger partial charge in [0.2, 0.25) is 5.91 Å². The summed E-state index contributed by atoms with van der Waals surface area (Å²) in [7, 11) is 0. The second kappa shape index (κ2) is 3.70. The Morgan fingerprint density at radius 2 is 2.15 bits per heavy atom. The maximum absolute atomic E-state index is 10.7. The molecule has 5 N–H and O–H groups in total. The van der Waals surface area contributed by atoms with Crippen LogP contribution in [0.3, 0.4) is 0 Å². The zero-order valence-corrected chi connectivity index (χ0v) is 7.19. The third-order valence-corrected chi connectivity index (χ3v) is 1.51. The largest absolute Gasteiger partial charge is 0.381 e. The van der Waals surface area contributed by atoms with E-state index in [2.05, 4.69) is 15.3 Å². The van der Waals surface area contributed by atoms with E-state index >= 15 is 0 Å². The topological polar surface area (TPSA) is 107 Å². The van der Waals surface area contributed by atoms with Crippen molar-refractivity contribution in [3.05, 3.63) is 12.4 Å². The molecule has 0 bridgehead atoms. The van der Waals surface area contributed by atoms with Crippen molar-refractivity contribution in [2.24, 2.45) is 5.73 Å². The molecule has 1 heterocycles. The molecule has 0 saturated carbocycles. The Labute approximate surface area is 75.4 Å². The number of primary amides is 1. The first-order chi connectivity index (χ1) is 6.11. The van der Waals surface area contributed by atoms with E-state index in [1.54, 1.807) is 6.92 Å². The van der Waals surface area contributed by atoms with E-state index < -0.39 is 11.9 Å². The van der Waals surface area contributed by atoms with E-state index in [0.29, 0.717) is 5.82 Å². The van der Waals surface area contributed by atoms with Crippen LogP contribution in [0.2, 0.25) is 0 Å². The fourth-order valence-electron chi connectivity index (χ4n) is 0.736. The molecule has 0 aliphatic heterocycles. The summed E-state index contributed by atoms with van der Waals surface area (Å²) in [4.78, 5) is 18.4. The Hall–Kier alpha value is -1.85. The lowest BCUT2D eigenvalue weighted by molar-refractivity contribution is -0.118. The molecule has 0 aliphatic carbocycles. The molecule has 0 fully saturated rings. The van der Waals surface area contributed by atoms with Crippen molar-refractivity contribution in [2.75, 3.05) is 11.1 Å². The molecule has 6 heteroatoms. The highest BCUT2D eigenvalue weighted by atomic mass is 16.1. The van der Waals surface area contributed by atoms with E-state index in [1.165, 1.54) is 12.4 Å². The van der Waals surface area contributed by atoms with E-state index in [0.717, 1.165) is 0 Å². The van der Waals surface area contributed by atoms with E-state index in [4.69, 9.17) is 11.5 Å². The maximum atomic E-state index is 10.7. The SMILES string of the molecule is CC(Nc1nccnc1N)C(N)=O. The minimum atomic E-state index is -0.515. The standard InChI is InChI=1S/C7H11N5O/c1-4(6(9)13)12-7-5(8)10-2-3-11-7/h2-4H,1H3,(H2,8,10)(H2,9,13)(H,11,12). The zero-order valence-electron chi connectivity index (χ0n) is 7.19. The molecule has 13 heavy (non-hydrogen) atoms. The molecular weight excluding hydrogens is 170 g/mol. The number of rotatable bonds is 3. The lowest BCUT2D eigenvalue weighted by Crippen LogP contribution is -2.33. The van der Waals surface area contributed by atoms with Crippen molar-refractivity contribution >= 4 is 17.5 Å². The van der Waals surface area contributed by atoms with Crippen LogP contribution in [0.1, 0.15) is 6.92 Å². The van der Waals surface area contributed by atoms with Crippen LogP contribution in [0.5, 0.6) is 0 Å². The molecule has 0 aliphatic rings. The molecule has 1 atom stereocenters. The highest BCUT2D eigenvalue weighted by molar-refractivity contribution is 5.82. The van der Waals surface area contributed by atoms with Crippen molar-refractivity contribution in [1.82, 2.24) is 9.97 Å². The van der Waals surface area contributed by atoms with Crippen LogP contribution in [0, 0.1) is 0 Å². The number of anilines is 2. The van der Waals surface area contributed by atoms with E-state index in [1.807, 2.05) is 0 Å². The Bertz CT molecular complexity index is 314. The second-order valence-corrected chi connectivity index (χ2v) is 2.56. The first kappa shape index (κ1) is 9.24. The number of carbonyl (C=O) groups excluding carboxylic acids is 1. The summed E-state index contributed by atoms with van der Waals surface area (Å²) >= 11 is 0. The molecule has 0 aromatic carbocycles. The fraction of sp³-hybridized carbons (Fsp3) is 0.286. The van der Waals surface area contributed by atoms with Crippen molar-refractivity contribution in [3.8, 4) is 0 Å². The minimum absolute atomic E-state index is 0.246. The predicted octanol–water partition coefficient (Wildman–Crippen LogP) is -0.655. The number of hydrogen-bond donors (Lipinski definition) is 3. The number of nitrogen functional groups attached to an aromatic ring is 1. The van der Waals surface area contributed by atoms with Crippen molar-refractivity contribution < 1.29 is 4.79 Å². The quantitative estimate of drug-likeness (QED) is 0.574. The predicted molar refractivity (Wildman–Crippen MR) is 48.7 cm³/mol. The van der Waals surface area contributed by atoms with Crippen LogP contribution < -0.4 is 16.8 Å². The molecule has 70 valence electrons. The zero-order chi connectivity index (χ0) is 9.84. The van der Waals surface area contributed by atoms with E-state index in [9.17, 15) is 4.79 Å². The van der Waals surface area contributed by atoms with Gasteiger partial charge in [0.25, 0.3) is 0 Å². The lowest BCUT2D eigenvalue weighted by Gasteiger charge is -2.10. The summed E-state index contributed by atoms with van der Waals surface area (Å²) in [6.45, 7) is 1.62. The number of carbonyl (C=O) groups is 1. The van der Waals surface area contributed by atoms with Gasteiger partial charge in [-0.25, -0.2) is 9.97 Å². The number of nitrogens with two attached hydrogens (primary N) is 2. The highest BCUT2D eigenvalue weighted by Gasteiger charge is 2.10. The summed E-state index contributed by atoms with van der Waals surface area (Å²) < 4.78 is 0. The third kappa shape index (κ3) is 2.29. The first-order valence-corrected chi connectivity index (χ1v) is 3.73. The van der Waals surface area contributed by atoms with Crippen molar-refractivity contribution in [1.29, 1.82) is 0 Å². The Morgan fingerprint density at radius 1 is 1.54 bits per heavy atom. The molecule has 1 rings (SSSR count). The highest BCUT2D eigenvalue weighted by Crippen LogP contribution is 2.10. The Kier molecular flexibility index (Phi) is 2.63. The van der Waals surface area contributed by atoms with Gasteiger partial charge in [-0.1, -0.05) is 0 Å². The van der Waals surface area contributed by atoms with Crippen LogP contribution in [-0.2, 0) is 4.79 Å². The van der Waals surface area contributed by atoms with Gasteiger partial charge in [0.1, 0.15) is 6.04 Å². The summed E-state index contributed by atoms with van der Waals surface area (Å²) in [6, 6.07) is -0.515. The minimum Gasteiger partial charge on any atom is -0.381 e. The number of nitrogens with zero attached hydrogens (tertiary/aromatic N) is 2. The summed E-state index contributed by atoms with van der Waals surface area (Å²) in [5.74, 6) is 0.148. The maximum Gasteiger partial charge on any atom is 0.239 e. The van der Waals surface area contributed by atoms with Gasteiger partial charge in [-0.15, -0.1) is 0 Å². The van der Waals surface area contributed by atoms with Gasteiger partial charge in [0, 0.05) is 12.4 Å². The van der Waals surface area contributed by atoms with Gasteiger partial charge < -0.3 is 16.8 Å². The Balaban J connectivity index is 2.74. The smallest absolute Gasteiger partial charge is 0.239 e. The number of hydrogen-bond acceptors (Lipinski definition) is 5. The van der Waals surface area contributed by atoms with Crippen molar-refractivity contribution in [3.63, 3.8) is 0 Å². The van der Waals surface area contributed by atoms with Gasteiger partial charge in [-0.3, -0.25) is 4.79 Å². The molecule has 6 nitrogen and oxygen atoms in total. The fourth-order valence-corrected chi connectivity index (χ4v) is 0.736. The van der Waals surface area contributed by atoms with Crippen LogP contribution in [0.4, 0.5) is 11.6 Å². The van der Waals surface area contributed by atoms with Gasteiger partial charge in [0.15, 0.2) is 11.6 Å². The summed E-state index contributed by atoms with van der Waals surface area (Å²) in [6.07, 6.45) is 2.95. The first-order valence-electron chi connectivity index (χ1n) is 3.73. The molecule has 1 unspecified atom stereocenters. The van der Waals surface area contributed by atoms with Gasteiger partial charge in [-0.2, -0.15) is 0 Å². The van der Waals surface area contributed by atoms with Crippen LogP contribution in [-0.4, -0.2) is 21.9 Å². The molecule has 0 saturated heterocycles. The van der Waals surface area contributed by atoms with Gasteiger partial charge in [0.05, 0.1) is 0 Å². The Morgan fingerprint density at radius 3 is 2.69 bits per heavy atom. The number of aromatic nitrogens is 2. The normalized spacial score (nSPS) is 12.1. The molecule has 0 radical (unpaired) electrons. The molecule has 0 spiro atoms. The molecule has 1 aromatic heterocycles. The molecular formula is C7H11N5O. The molecule has 1 amide bonds. The monoisotopic (exact) mass is 181 g/mol. The number of amides is 1. The average Bonchev–Trinajstić information content (AvgIpc) is 2.08. The second-order valence-electron chi connectivity index (χ2n) is 2.56. The van der Waals surface area contributed by atoms with Crippen molar-refractivity contribution in [2.45, 2.75) is 13.0 Å². The van der Waals surface area contributed by atoms with Gasteiger partial charge in [-0.05, 0) is 6.92 Å². The average molecular weight is 181 g/mol. The van der Waals surface area contributed by atoms with Crippen LogP contribution in [0.25, 0.3) is 0 Å². The van der Waals surface area contributed by atoms with E-state index in [-0.39, 0.29) is 5.82 Å². The van der Waals surface area contributed by atoms with Gasteiger partial charge >= 0.3 is 0 Å². The molecule has 1 aromatic rings. The third-order valence-electron chi connectivity index (χ3n) is 1.51. The lowest BCUT2D eigenvalue weighted by atomic mass is 10.3. The van der Waals surface area contributed by atoms with Crippen LogP contribution in [0.15, 0.2) is 12.4 Å². The number of nitrogens with one attached hydrogen (secondary N) is 1. The summed E-state index contributed by atoms with van der Waals surface area (Å²) in [5, 5.41) is 2.74.